The molecule has 0 aromatic carbocycles. The summed E-state index contributed by atoms with van der Waals surface area (Å²) in [5.74, 6) is -11.8. The Hall–Kier alpha value is -5.65. The van der Waals surface area contributed by atoms with Gasteiger partial charge < -0.3 is 195 Å². The minimum atomic E-state index is -2.64. The molecule has 0 bridgehead atoms. The van der Waals surface area contributed by atoms with Gasteiger partial charge >= 0.3 is 23.9 Å². The van der Waals surface area contributed by atoms with Crippen LogP contribution >= 0.6 is 0 Å². The van der Waals surface area contributed by atoms with Crippen molar-refractivity contribution in [3.63, 3.8) is 0 Å². The van der Waals surface area contributed by atoms with E-state index in [1.807, 2.05) is 0 Å². The van der Waals surface area contributed by atoms with E-state index in [-0.39, 0.29) is 0 Å². The molecule has 104 heavy (non-hydrogen) atoms. The van der Waals surface area contributed by atoms with Crippen LogP contribution < -0.4 is 21.3 Å². The molecule has 48 heteroatoms. The molecule has 0 aromatic rings. The van der Waals surface area contributed by atoms with E-state index in [0.717, 1.165) is 27.7 Å². The molecule has 39 atom stereocenters. The lowest BCUT2D eigenvalue weighted by Crippen LogP contribution is -2.71. The van der Waals surface area contributed by atoms with E-state index < -0.39 is 313 Å². The topological polar surface area (TPSA) is 748 Å². The van der Waals surface area contributed by atoms with Crippen LogP contribution in [-0.4, -0.2) is 420 Å². The number of aliphatic hydroxyl groups is 17. The Morgan fingerprint density at radius 2 is 0.529 bits per heavy atom. The van der Waals surface area contributed by atoms with Crippen LogP contribution in [0.1, 0.15) is 27.7 Å². The summed E-state index contributed by atoms with van der Waals surface area (Å²) in [5, 5.41) is 238. The highest BCUT2D eigenvalue weighted by molar-refractivity contribution is 5.76. The van der Waals surface area contributed by atoms with Gasteiger partial charge in [0.25, 0.3) is 12.7 Å². The monoisotopic (exact) mass is 1520 g/mol. The summed E-state index contributed by atoms with van der Waals surface area (Å²) in [4.78, 5) is 102. The van der Waals surface area contributed by atoms with E-state index >= 15 is 0 Å². The molecule has 0 unspecified atom stereocenters. The SMILES string of the molecule is CC(=O)N[C@H]1[C@H](O[C@H]2[C@H](O)[C@@H](O)[C@H](O[C@H]3[C@H](O)[C@@H](CO)O[C@@H](O[C@H]4[C@H](O)[C@@H](O)[C@H](O[C@H]5[C@H](O)[C@@H](CO)O[C@@H](O[C@H]6[C@H](O)[C@@H](O)[C@H](O[C@H]7[C@H](O)[C@@H](CO)O[C@@H](O[C@H]8[C@H](O)[C@@H](O)[CH+]O[C@@H]8C(=O)O)[C@@H]7NC(C)=O)O[C@@H]6C(=O)O)[C@@H]5NC(C)=O)O[C@@H]4C(=O)O)[C@@H]3NC(C)=O)O[C@@H]2C(=O)O)O[C@H](CO)[C@@H](O)[C@@H]1O. The number of nitrogens with one attached hydrogen (secondary N) is 4. The zero-order valence-electron chi connectivity index (χ0n) is 54.7. The second kappa shape index (κ2) is 35.6. The molecule has 8 fully saturated rings. The number of ether oxygens (including phenoxy) is 15. The molecule has 8 heterocycles. The molecular weight excluding hydrogens is 1430 g/mol. The van der Waals surface area contributed by atoms with E-state index in [4.69, 9.17) is 71.1 Å². The Bertz CT molecular complexity index is 2950. The average Bonchev–Trinajstić information content (AvgIpc) is 0.768. The number of carboxylic acids is 4. The Balaban J connectivity index is 1.01. The maximum absolute atomic E-state index is 13.2. The highest BCUT2D eigenvalue weighted by atomic mass is 16.8. The molecule has 0 saturated carbocycles. The van der Waals surface area contributed by atoms with Crippen LogP contribution in [0.2, 0.25) is 0 Å². The van der Waals surface area contributed by atoms with Crippen molar-refractivity contribution < 1.29 is 217 Å². The molecule has 0 spiro atoms. The molecule has 8 saturated heterocycles. The molecule has 48 nitrogen and oxygen atoms in total. The number of amides is 4. The molecule has 0 radical (unpaired) electrons. The number of hydrogen-bond acceptors (Lipinski definition) is 40. The third-order valence-corrected chi connectivity index (χ3v) is 17.9. The zero-order valence-corrected chi connectivity index (χ0v) is 54.7. The van der Waals surface area contributed by atoms with E-state index in [1.165, 1.54) is 0 Å². The van der Waals surface area contributed by atoms with Gasteiger partial charge in [0, 0.05) is 27.7 Å². The molecule has 0 aromatic heterocycles. The summed E-state index contributed by atoms with van der Waals surface area (Å²) in [6, 6.07) is -7.87. The molecular formula is C56H85N4O44+. The van der Waals surface area contributed by atoms with Crippen LogP contribution in [0.15, 0.2) is 0 Å². The van der Waals surface area contributed by atoms with Crippen LogP contribution in [0.25, 0.3) is 0 Å². The standard InChI is InChI=1S/C56H84N4O44/c1-10(65)57-19-28(75)24(71)15(5-61)91-50(19)99-39-29(76)32(79)54(102-43(39)47(84)85)96-36-21(59-12(3)67)52(93-17(7-63)26(36)73)101-41-31(78)34(81)56(104-45(41)49(88)89)97-37-22(60-13(4)68)53(94-18(8-64)27(37)74)100-40-30(77)33(80)55(103-44(40)48(86)87)95-35-20(58-11(2)66)51(92-16(6-62)25(35)72)98-38-23(70)14(69)9-90-42(38)46(82)83/h9,14-45,50-56,61-64,69-81H,5-8H2,1-4H3,(H7-,57,58,59,60,65,66,67,68,82,83,84,85,86,87,88,89)/p+1/t14-,15+,16+,17+,18+,19+,20+,21+,22+,23+,24+,25+,26+,27+,28+,29+,30+,31+,32+,33+,34+,35+,36+,37+,38-,39-,40-,41-,42-,43-,44-,45-,50-,51-,52-,53-,54+,55+,56+/m0/s1. The van der Waals surface area contributed by atoms with Gasteiger partial charge in [-0.15, -0.1) is 0 Å². The van der Waals surface area contributed by atoms with E-state index in [1.54, 1.807) is 0 Å². The number of rotatable bonds is 26. The third kappa shape index (κ3) is 18.2. The zero-order chi connectivity index (χ0) is 77.1. The third-order valence-electron chi connectivity index (χ3n) is 17.9. The Labute approximate surface area is 584 Å². The largest absolute Gasteiger partial charge is 0.479 e. The summed E-state index contributed by atoms with van der Waals surface area (Å²) < 4.78 is 84.8. The normalized spacial score (nSPS) is 46.3. The second-order valence-corrected chi connectivity index (χ2v) is 25.2. The Morgan fingerprint density at radius 1 is 0.288 bits per heavy atom. The van der Waals surface area contributed by atoms with Gasteiger partial charge in [-0.25, -0.2) is 19.2 Å². The highest BCUT2D eigenvalue weighted by Gasteiger charge is 2.62. The molecule has 592 valence electrons. The molecule has 8 aliphatic rings. The molecule has 8 aliphatic heterocycles. The number of carbonyl (C=O) groups is 8. The fourth-order valence-electron chi connectivity index (χ4n) is 12.8. The van der Waals surface area contributed by atoms with Gasteiger partial charge in [-0.3, -0.25) is 19.2 Å². The van der Waals surface area contributed by atoms with Crippen LogP contribution in [0.4, 0.5) is 0 Å². The van der Waals surface area contributed by atoms with E-state index in [0.29, 0.717) is 6.61 Å². The van der Waals surface area contributed by atoms with Crippen molar-refractivity contribution in [3.8, 4) is 0 Å². The average molecular weight is 1520 g/mol. The van der Waals surface area contributed by atoms with E-state index in [9.17, 15) is 146 Å². The van der Waals surface area contributed by atoms with Crippen molar-refractivity contribution in [1.82, 2.24) is 21.3 Å². The summed E-state index contributed by atoms with van der Waals surface area (Å²) in [6.07, 6.45) is -79.0. The first-order valence-corrected chi connectivity index (χ1v) is 31.8. The van der Waals surface area contributed by atoms with Gasteiger partial charge in [-0.1, -0.05) is 0 Å². The van der Waals surface area contributed by atoms with E-state index in [2.05, 4.69) is 21.3 Å². The van der Waals surface area contributed by atoms with Crippen molar-refractivity contribution in [2.45, 2.75) is 267 Å². The lowest BCUT2D eigenvalue weighted by molar-refractivity contribution is -0.379. The fraction of sp³-hybridized carbons (Fsp3) is 0.839. The second-order valence-electron chi connectivity index (χ2n) is 25.2. The van der Waals surface area contributed by atoms with Crippen LogP contribution in [0.3, 0.4) is 0 Å². The van der Waals surface area contributed by atoms with Crippen molar-refractivity contribution in [2.75, 3.05) is 26.4 Å². The van der Waals surface area contributed by atoms with Gasteiger partial charge in [0.05, 0.1) is 26.4 Å². The predicted molar refractivity (Wildman–Crippen MR) is 311 cm³/mol. The van der Waals surface area contributed by atoms with Crippen molar-refractivity contribution in [3.05, 3.63) is 6.61 Å². The number of hydrogen-bond donors (Lipinski definition) is 25. The lowest BCUT2D eigenvalue weighted by Gasteiger charge is -2.51. The summed E-state index contributed by atoms with van der Waals surface area (Å²) in [7, 11) is 0. The summed E-state index contributed by atoms with van der Waals surface area (Å²) in [5.41, 5.74) is 0. The molecule has 8 rings (SSSR count). The summed E-state index contributed by atoms with van der Waals surface area (Å²) >= 11 is 0. The first-order chi connectivity index (χ1) is 48.9. The van der Waals surface area contributed by atoms with Crippen LogP contribution in [-0.2, 0) is 109 Å². The maximum Gasteiger partial charge on any atom is 0.340 e. The molecule has 4 amide bonds. The fourth-order valence-corrected chi connectivity index (χ4v) is 12.8. The first-order valence-electron chi connectivity index (χ1n) is 31.8. The van der Waals surface area contributed by atoms with Crippen molar-refractivity contribution in [2.24, 2.45) is 0 Å². The van der Waals surface area contributed by atoms with Crippen molar-refractivity contribution in [1.29, 1.82) is 0 Å². The van der Waals surface area contributed by atoms with Gasteiger partial charge in [0.2, 0.25) is 29.7 Å². The quantitative estimate of drug-likeness (QED) is 0.0358. The lowest BCUT2D eigenvalue weighted by atomic mass is 9.93. The minimum Gasteiger partial charge on any atom is -0.479 e. The van der Waals surface area contributed by atoms with Gasteiger partial charge in [-0.05, 0) is 0 Å². The maximum atomic E-state index is 13.2. The number of aliphatic carboxylic acids is 4. The number of aliphatic hydroxyl groups excluding tert-OH is 17. The Morgan fingerprint density at radius 3 is 0.788 bits per heavy atom. The van der Waals surface area contributed by atoms with Crippen molar-refractivity contribution >= 4 is 47.5 Å². The number of carbonyl (C=O) groups excluding carboxylic acids is 4. The van der Waals surface area contributed by atoms with Gasteiger partial charge in [0.15, 0.2) is 68.4 Å². The minimum absolute atomic E-state index is 0.574. The Kier molecular flexibility index (Phi) is 28.7. The molecule has 0 aliphatic carbocycles. The highest BCUT2D eigenvalue weighted by Crippen LogP contribution is 2.39. The van der Waals surface area contributed by atoms with Gasteiger partial charge in [0.1, 0.15) is 158 Å². The van der Waals surface area contributed by atoms with Crippen LogP contribution in [0, 0.1) is 6.61 Å². The smallest absolute Gasteiger partial charge is 0.340 e. The summed E-state index contributed by atoms with van der Waals surface area (Å²) in [6.45, 7) is -0.422. The number of carboxylic acid groups (broad SMARTS) is 4. The molecule has 25 N–H and O–H groups in total. The first kappa shape index (κ1) is 84.0. The predicted octanol–water partition coefficient (Wildman–Crippen LogP) is -16.7. The van der Waals surface area contributed by atoms with Crippen LogP contribution in [0.5, 0.6) is 0 Å². The van der Waals surface area contributed by atoms with Gasteiger partial charge in [-0.2, -0.15) is 4.74 Å².